The molecule has 0 bridgehead atoms. The Morgan fingerprint density at radius 3 is 2.39 bits per heavy atom. The second-order valence-electron chi connectivity index (χ2n) is 5.56. The quantitative estimate of drug-likeness (QED) is 0.774. The molecule has 1 aromatic carbocycles. The fourth-order valence-corrected chi connectivity index (χ4v) is 3.11. The second kappa shape index (κ2) is 9.19. The van der Waals surface area contributed by atoms with Crippen molar-refractivity contribution >= 4 is 53.1 Å². The molecule has 0 aromatic heterocycles. The molecule has 1 aliphatic rings. The zero-order chi connectivity index (χ0) is 16.3. The lowest BCUT2D eigenvalue weighted by Gasteiger charge is -2.33. The van der Waals surface area contributed by atoms with Gasteiger partial charge in [0.1, 0.15) is 5.75 Å². The monoisotopic (exact) mass is 400 g/mol. The minimum Gasteiger partial charge on any atom is -0.482 e. The van der Waals surface area contributed by atoms with Crippen LogP contribution in [-0.4, -0.2) is 36.5 Å². The number of benzene rings is 1. The molecule has 1 aromatic rings. The number of hydrogen-bond donors (Lipinski definition) is 1. The summed E-state index contributed by atoms with van der Waals surface area (Å²) in [6.45, 7) is 3.37. The first kappa shape index (κ1) is 20.7. The van der Waals surface area contributed by atoms with Gasteiger partial charge in [-0.3, -0.25) is 4.79 Å². The van der Waals surface area contributed by atoms with Crippen molar-refractivity contribution in [3.05, 3.63) is 27.2 Å². The topological polar surface area (TPSA) is 55.6 Å². The Hall–Kier alpha value is -0.390. The van der Waals surface area contributed by atoms with Crippen molar-refractivity contribution in [1.29, 1.82) is 0 Å². The lowest BCUT2D eigenvalue weighted by Crippen LogP contribution is -2.44. The predicted octanol–water partition coefficient (Wildman–Crippen LogP) is 4.03. The Morgan fingerprint density at radius 2 is 1.83 bits per heavy atom. The first-order chi connectivity index (χ1) is 10.4. The van der Waals surface area contributed by atoms with Crippen molar-refractivity contribution in [2.75, 3.05) is 19.7 Å². The molecule has 2 rings (SSSR count). The molecule has 8 heteroatoms. The maximum atomic E-state index is 12.2. The van der Waals surface area contributed by atoms with E-state index in [-0.39, 0.29) is 31.0 Å². The molecule has 0 radical (unpaired) electrons. The molecule has 0 spiro atoms. The number of amides is 1. The minimum atomic E-state index is -0.0689. The third-order valence-electron chi connectivity index (χ3n) is 3.96. The molecule has 4 nitrogen and oxygen atoms in total. The molecule has 0 saturated carbocycles. The molecule has 0 aliphatic carbocycles. The molecule has 1 saturated heterocycles. The number of halogens is 4. The number of ether oxygens (including phenoxy) is 1. The highest BCUT2D eigenvalue weighted by atomic mass is 35.5. The van der Waals surface area contributed by atoms with Gasteiger partial charge in [-0.25, -0.2) is 0 Å². The van der Waals surface area contributed by atoms with Crippen molar-refractivity contribution in [2.45, 2.75) is 25.8 Å². The molecule has 23 heavy (non-hydrogen) atoms. The van der Waals surface area contributed by atoms with Gasteiger partial charge in [-0.05, 0) is 31.7 Å². The highest BCUT2D eigenvalue weighted by Crippen LogP contribution is 2.33. The maximum absolute atomic E-state index is 12.2. The van der Waals surface area contributed by atoms with Crippen LogP contribution in [0.1, 0.15) is 19.8 Å². The summed E-state index contributed by atoms with van der Waals surface area (Å²) in [5.74, 6) is 0.773. The van der Waals surface area contributed by atoms with Crippen LogP contribution in [-0.2, 0) is 4.79 Å². The normalized spacial score (nSPS) is 16.7. The van der Waals surface area contributed by atoms with Crippen molar-refractivity contribution in [3.8, 4) is 5.75 Å². The number of nitrogens with zero attached hydrogens (tertiary/aromatic N) is 1. The number of carbonyl (C=O) groups is 1. The van der Waals surface area contributed by atoms with Gasteiger partial charge >= 0.3 is 0 Å². The summed E-state index contributed by atoms with van der Waals surface area (Å²) < 4.78 is 5.47. The SMILES string of the molecule is CC(N)C1CCN(C(=O)COc2cc(Cl)c(Cl)cc2Cl)CC1.Cl. The summed E-state index contributed by atoms with van der Waals surface area (Å²) in [4.78, 5) is 14.0. The first-order valence-electron chi connectivity index (χ1n) is 7.19. The molecule has 1 amide bonds. The fraction of sp³-hybridized carbons (Fsp3) is 0.533. The van der Waals surface area contributed by atoms with Crippen molar-refractivity contribution in [1.82, 2.24) is 4.90 Å². The van der Waals surface area contributed by atoms with E-state index >= 15 is 0 Å². The van der Waals surface area contributed by atoms with Gasteiger partial charge in [0.25, 0.3) is 5.91 Å². The Morgan fingerprint density at radius 1 is 1.26 bits per heavy atom. The lowest BCUT2D eigenvalue weighted by molar-refractivity contribution is -0.134. The number of likely N-dealkylation sites (tertiary alicyclic amines) is 1. The van der Waals surface area contributed by atoms with Crippen LogP contribution in [0.2, 0.25) is 15.1 Å². The predicted molar refractivity (Wildman–Crippen MR) is 97.2 cm³/mol. The van der Waals surface area contributed by atoms with Crippen LogP contribution < -0.4 is 10.5 Å². The van der Waals surface area contributed by atoms with Crippen LogP contribution in [0.3, 0.4) is 0 Å². The Kier molecular flexibility index (Phi) is 8.25. The van der Waals surface area contributed by atoms with E-state index in [4.69, 9.17) is 45.3 Å². The van der Waals surface area contributed by atoms with E-state index in [2.05, 4.69) is 0 Å². The van der Waals surface area contributed by atoms with Gasteiger partial charge in [0, 0.05) is 25.2 Å². The third-order valence-corrected chi connectivity index (χ3v) is 4.98. The lowest BCUT2D eigenvalue weighted by atomic mass is 9.91. The van der Waals surface area contributed by atoms with Crippen molar-refractivity contribution in [3.63, 3.8) is 0 Å². The van der Waals surface area contributed by atoms with Gasteiger partial charge in [-0.2, -0.15) is 0 Å². The van der Waals surface area contributed by atoms with E-state index < -0.39 is 0 Å². The van der Waals surface area contributed by atoms with E-state index in [0.717, 1.165) is 12.8 Å². The van der Waals surface area contributed by atoms with Gasteiger partial charge in [-0.15, -0.1) is 12.4 Å². The zero-order valence-electron chi connectivity index (χ0n) is 12.7. The van der Waals surface area contributed by atoms with E-state index in [1.54, 1.807) is 4.90 Å². The molecular weight excluding hydrogens is 382 g/mol. The number of nitrogens with two attached hydrogens (primary N) is 1. The number of rotatable bonds is 4. The van der Waals surface area contributed by atoms with Gasteiger partial charge < -0.3 is 15.4 Å². The molecule has 1 unspecified atom stereocenters. The maximum Gasteiger partial charge on any atom is 0.260 e. The van der Waals surface area contributed by atoms with Crippen molar-refractivity contribution in [2.24, 2.45) is 11.7 Å². The Labute approximate surface area is 157 Å². The Balaban J connectivity index is 0.00000264. The average molecular weight is 402 g/mol. The molecule has 1 fully saturated rings. The van der Waals surface area contributed by atoms with Gasteiger partial charge in [0.05, 0.1) is 15.1 Å². The van der Waals surface area contributed by atoms with E-state index in [1.807, 2.05) is 6.92 Å². The Bertz CT molecular complexity index is 547. The molecule has 2 N–H and O–H groups in total. The smallest absolute Gasteiger partial charge is 0.260 e. The van der Waals surface area contributed by atoms with Crippen LogP contribution in [0.25, 0.3) is 0 Å². The van der Waals surface area contributed by atoms with Crippen LogP contribution >= 0.6 is 47.2 Å². The largest absolute Gasteiger partial charge is 0.482 e. The van der Waals surface area contributed by atoms with Gasteiger partial charge in [0.15, 0.2) is 6.61 Å². The highest BCUT2D eigenvalue weighted by molar-refractivity contribution is 6.43. The molecular formula is C15H20Cl4N2O2. The van der Waals surface area contributed by atoms with E-state index in [9.17, 15) is 4.79 Å². The number of carbonyl (C=O) groups excluding carboxylic acids is 1. The third kappa shape index (κ3) is 5.57. The van der Waals surface area contributed by atoms with E-state index in [0.29, 0.717) is 39.8 Å². The van der Waals surface area contributed by atoms with Crippen molar-refractivity contribution < 1.29 is 9.53 Å². The molecule has 1 heterocycles. The second-order valence-corrected chi connectivity index (χ2v) is 6.78. The summed E-state index contributed by atoms with van der Waals surface area (Å²) >= 11 is 17.8. The fourth-order valence-electron chi connectivity index (χ4n) is 2.52. The summed E-state index contributed by atoms with van der Waals surface area (Å²) in [5.41, 5.74) is 5.90. The first-order valence-corrected chi connectivity index (χ1v) is 8.32. The number of hydrogen-bond acceptors (Lipinski definition) is 3. The van der Waals surface area contributed by atoms with E-state index in [1.165, 1.54) is 12.1 Å². The number of piperidine rings is 1. The summed E-state index contributed by atoms with van der Waals surface area (Å²) in [6.07, 6.45) is 1.86. The minimum absolute atomic E-state index is 0. The summed E-state index contributed by atoms with van der Waals surface area (Å²) in [5, 5.41) is 1.02. The zero-order valence-corrected chi connectivity index (χ0v) is 15.8. The van der Waals surface area contributed by atoms with Crippen LogP contribution in [0.15, 0.2) is 12.1 Å². The van der Waals surface area contributed by atoms with Crippen LogP contribution in [0, 0.1) is 5.92 Å². The molecule has 1 aliphatic heterocycles. The van der Waals surface area contributed by atoms with Gasteiger partial charge in [-0.1, -0.05) is 34.8 Å². The standard InChI is InChI=1S/C15H19Cl3N2O2.ClH/c1-9(19)10-2-4-20(5-3-10)15(21)8-22-14-7-12(17)11(16)6-13(14)18;/h6-7,9-10H,2-5,8,19H2,1H3;1H. The summed E-state index contributed by atoms with van der Waals surface area (Å²) in [7, 11) is 0. The van der Waals surface area contributed by atoms with Gasteiger partial charge in [0.2, 0.25) is 0 Å². The summed E-state index contributed by atoms with van der Waals surface area (Å²) in [6, 6.07) is 3.19. The average Bonchev–Trinajstić information content (AvgIpc) is 2.49. The highest BCUT2D eigenvalue weighted by Gasteiger charge is 2.25. The molecule has 130 valence electrons. The molecule has 1 atom stereocenters. The van der Waals surface area contributed by atoms with Crippen LogP contribution in [0.4, 0.5) is 0 Å². The van der Waals surface area contributed by atoms with Crippen LogP contribution in [0.5, 0.6) is 5.75 Å².